The van der Waals surface area contributed by atoms with Gasteiger partial charge in [0.2, 0.25) is 0 Å². The lowest BCUT2D eigenvalue weighted by molar-refractivity contribution is -0.139. The Kier molecular flexibility index (Phi) is 39.0. The smallest absolute Gasteiger partial charge is 0.150 e. The molecule has 0 aliphatic carbocycles. The first-order chi connectivity index (χ1) is 24.5. The third-order valence-electron chi connectivity index (χ3n) is 10.4. The fourth-order valence-corrected chi connectivity index (χ4v) is 7.08. The number of unbranched alkanes of at least 4 members (excludes halogenated alkanes) is 30. The predicted molar refractivity (Wildman–Crippen MR) is 220 cm³/mol. The third-order valence-corrected chi connectivity index (χ3v) is 10.4. The molecule has 0 saturated heterocycles. The minimum absolute atomic E-state index is 0.142. The quantitative estimate of drug-likeness (QED) is 0.0363. The molecule has 50 heavy (non-hydrogen) atoms. The van der Waals surface area contributed by atoms with Crippen molar-refractivity contribution in [1.29, 1.82) is 0 Å². The van der Waals surface area contributed by atoms with Crippen LogP contribution in [0.2, 0.25) is 0 Å². The van der Waals surface area contributed by atoms with Gasteiger partial charge < -0.3 is 0 Å². The molecule has 0 aromatic carbocycles. The van der Waals surface area contributed by atoms with E-state index < -0.39 is 5.92 Å². The second-order valence-corrected chi connectivity index (χ2v) is 15.5. The average Bonchev–Trinajstić information content (AvgIpc) is 3.10. The van der Waals surface area contributed by atoms with E-state index in [1.54, 1.807) is 0 Å². The van der Waals surface area contributed by atoms with Gasteiger partial charge in [-0.05, 0) is 71.1 Å². The molecule has 0 amide bonds. The molecule has 0 atom stereocenters. The Balaban J connectivity index is 3.64. The Morgan fingerprint density at radius 1 is 0.340 bits per heavy atom. The normalized spacial score (nSPS) is 12.4. The van der Waals surface area contributed by atoms with E-state index in [2.05, 4.69) is 38.2 Å². The minimum atomic E-state index is -1.01. The highest BCUT2D eigenvalue weighted by Crippen LogP contribution is 2.18. The fourth-order valence-electron chi connectivity index (χ4n) is 7.08. The predicted octanol–water partition coefficient (Wildman–Crippen LogP) is 15.5. The Bertz CT molecular complexity index is 749. The number of hydrogen-bond donors (Lipinski definition) is 0. The molecule has 292 valence electrons. The van der Waals surface area contributed by atoms with E-state index in [4.69, 9.17) is 0 Å². The largest absolute Gasteiger partial charge is 0.299 e. The zero-order chi connectivity index (χ0) is 36.6. The van der Waals surface area contributed by atoms with Crippen molar-refractivity contribution in [3.63, 3.8) is 0 Å². The molecule has 0 spiro atoms. The highest BCUT2D eigenvalue weighted by Gasteiger charge is 2.29. The van der Waals surface area contributed by atoms with Gasteiger partial charge in [0, 0.05) is 12.8 Å². The molecule has 0 aromatic heterocycles. The molecule has 0 N–H and O–H groups in total. The van der Waals surface area contributed by atoms with Gasteiger partial charge in [0.05, 0.1) is 0 Å². The second-order valence-electron chi connectivity index (χ2n) is 15.5. The molecule has 0 aliphatic heterocycles. The topological polar surface area (TPSA) is 51.2 Å². The van der Waals surface area contributed by atoms with Crippen LogP contribution in [0.3, 0.4) is 0 Å². The summed E-state index contributed by atoms with van der Waals surface area (Å²) in [6, 6.07) is 0. The Hall–Kier alpha value is -1.51. The van der Waals surface area contributed by atoms with Crippen molar-refractivity contribution in [3.05, 3.63) is 24.3 Å². The van der Waals surface area contributed by atoms with Crippen LogP contribution in [0, 0.1) is 5.92 Å². The summed E-state index contributed by atoms with van der Waals surface area (Å²) in [7, 11) is 0. The highest BCUT2D eigenvalue weighted by molar-refractivity contribution is 6.18. The van der Waals surface area contributed by atoms with Crippen LogP contribution < -0.4 is 0 Å². The number of ketones is 3. The maximum Gasteiger partial charge on any atom is 0.150 e. The van der Waals surface area contributed by atoms with Crippen LogP contribution in [0.5, 0.6) is 0 Å². The van der Waals surface area contributed by atoms with Crippen LogP contribution in [0.1, 0.15) is 252 Å². The van der Waals surface area contributed by atoms with Gasteiger partial charge in [0.25, 0.3) is 0 Å². The molecule has 0 bridgehead atoms. The Labute approximate surface area is 313 Å². The SMILES string of the molecule is CCCCCCCCC=CCCCCCCCCCCCC(=O)C(C(C)=O)C(=O)CCCCCCCCCCCC=CCCCCCCCC. The van der Waals surface area contributed by atoms with Gasteiger partial charge in [-0.15, -0.1) is 0 Å². The first-order valence-electron chi connectivity index (χ1n) is 22.4. The number of Topliss-reactive ketones (excluding diaryl/α,β-unsaturated/α-hetero) is 3. The van der Waals surface area contributed by atoms with Crippen molar-refractivity contribution in [2.24, 2.45) is 5.92 Å². The third kappa shape index (κ3) is 34.9. The molecule has 0 aromatic rings. The van der Waals surface area contributed by atoms with E-state index in [9.17, 15) is 14.4 Å². The molecule has 3 heteroatoms. The van der Waals surface area contributed by atoms with E-state index in [1.165, 1.54) is 187 Å². The van der Waals surface area contributed by atoms with Crippen molar-refractivity contribution in [2.75, 3.05) is 0 Å². The lowest BCUT2D eigenvalue weighted by atomic mass is 9.89. The van der Waals surface area contributed by atoms with Gasteiger partial charge in [0.1, 0.15) is 11.7 Å². The van der Waals surface area contributed by atoms with Gasteiger partial charge >= 0.3 is 0 Å². The van der Waals surface area contributed by atoms with Crippen LogP contribution >= 0.6 is 0 Å². The molecule has 0 fully saturated rings. The second kappa shape index (κ2) is 40.3. The van der Waals surface area contributed by atoms with E-state index >= 15 is 0 Å². The number of carbonyl (C=O) groups is 3. The summed E-state index contributed by atoms with van der Waals surface area (Å²) in [6.07, 6.45) is 53.2. The molecule has 0 radical (unpaired) electrons. The maximum atomic E-state index is 12.8. The van der Waals surface area contributed by atoms with Crippen molar-refractivity contribution in [1.82, 2.24) is 0 Å². The molecule has 0 unspecified atom stereocenters. The fraction of sp³-hybridized carbons (Fsp3) is 0.851. The van der Waals surface area contributed by atoms with Crippen molar-refractivity contribution in [2.45, 2.75) is 252 Å². The van der Waals surface area contributed by atoms with Crippen LogP contribution in [0.15, 0.2) is 24.3 Å². The monoisotopic (exact) mass is 699 g/mol. The Morgan fingerprint density at radius 2 is 0.560 bits per heavy atom. The van der Waals surface area contributed by atoms with E-state index in [0.29, 0.717) is 12.8 Å². The molecule has 0 heterocycles. The Morgan fingerprint density at radius 3 is 0.800 bits per heavy atom. The van der Waals surface area contributed by atoms with Crippen LogP contribution in [0.4, 0.5) is 0 Å². The minimum Gasteiger partial charge on any atom is -0.299 e. The molecular formula is C47H86O3. The number of carbonyl (C=O) groups excluding carboxylic acids is 3. The van der Waals surface area contributed by atoms with Crippen LogP contribution in [-0.4, -0.2) is 17.3 Å². The number of hydrogen-bond acceptors (Lipinski definition) is 3. The lowest BCUT2D eigenvalue weighted by Crippen LogP contribution is -2.30. The summed E-state index contributed by atoms with van der Waals surface area (Å²) in [5, 5.41) is 0. The van der Waals surface area contributed by atoms with Gasteiger partial charge in [0.15, 0.2) is 11.6 Å². The zero-order valence-corrected chi connectivity index (χ0v) is 34.1. The standard InChI is InChI=1S/C47H86O3/c1-4-6-8-10-12-14-16-18-20-22-24-26-28-30-32-34-36-38-40-42-45(49)47(44(3)48)46(50)43-41-39-37-35-33-31-29-27-25-23-21-19-17-15-13-11-9-7-5-2/h18-21,47H,4-17,22-43H2,1-3H3. The van der Waals surface area contributed by atoms with Gasteiger partial charge in [-0.3, -0.25) is 14.4 Å². The molecule has 0 saturated carbocycles. The summed E-state index contributed by atoms with van der Waals surface area (Å²) in [6.45, 7) is 5.96. The van der Waals surface area contributed by atoms with Gasteiger partial charge in [-0.25, -0.2) is 0 Å². The first kappa shape index (κ1) is 48.5. The number of rotatable bonds is 41. The molecule has 0 rings (SSSR count). The van der Waals surface area contributed by atoms with E-state index in [1.807, 2.05) is 0 Å². The highest BCUT2D eigenvalue weighted by atomic mass is 16.2. The summed E-state index contributed by atoms with van der Waals surface area (Å²) in [4.78, 5) is 37.7. The maximum absolute atomic E-state index is 12.8. The van der Waals surface area contributed by atoms with Crippen molar-refractivity contribution >= 4 is 17.3 Å². The average molecular weight is 699 g/mol. The molecular weight excluding hydrogens is 613 g/mol. The van der Waals surface area contributed by atoms with Gasteiger partial charge in [-0.1, -0.05) is 192 Å². The number of allylic oxidation sites excluding steroid dienone is 4. The van der Waals surface area contributed by atoms with Crippen LogP contribution in [0.25, 0.3) is 0 Å². The summed E-state index contributed by atoms with van der Waals surface area (Å²) in [5.74, 6) is -1.55. The lowest BCUT2D eigenvalue weighted by Gasteiger charge is -2.12. The van der Waals surface area contributed by atoms with Crippen molar-refractivity contribution in [3.8, 4) is 0 Å². The zero-order valence-electron chi connectivity index (χ0n) is 34.1. The van der Waals surface area contributed by atoms with Crippen molar-refractivity contribution < 1.29 is 14.4 Å². The van der Waals surface area contributed by atoms with E-state index in [0.717, 1.165) is 38.5 Å². The summed E-state index contributed by atoms with van der Waals surface area (Å²) >= 11 is 0. The molecule has 3 nitrogen and oxygen atoms in total. The summed E-state index contributed by atoms with van der Waals surface area (Å²) < 4.78 is 0. The summed E-state index contributed by atoms with van der Waals surface area (Å²) in [5.41, 5.74) is 0. The molecule has 0 aliphatic rings. The van der Waals surface area contributed by atoms with E-state index in [-0.39, 0.29) is 17.3 Å². The van der Waals surface area contributed by atoms with Crippen LogP contribution in [-0.2, 0) is 14.4 Å². The van der Waals surface area contributed by atoms with Gasteiger partial charge in [-0.2, -0.15) is 0 Å². The first-order valence-corrected chi connectivity index (χ1v) is 22.4.